The molecule has 21 heavy (non-hydrogen) atoms. The highest BCUT2D eigenvalue weighted by Gasteiger charge is 2.45. The summed E-state index contributed by atoms with van der Waals surface area (Å²) < 4.78 is 10.6. The normalized spacial score (nSPS) is 16.5. The summed E-state index contributed by atoms with van der Waals surface area (Å²) in [6.07, 6.45) is 0.320. The van der Waals surface area contributed by atoms with E-state index in [2.05, 4.69) is 0 Å². The first kappa shape index (κ1) is 15.6. The van der Waals surface area contributed by atoms with Crippen LogP contribution in [-0.2, 0) is 4.79 Å². The van der Waals surface area contributed by atoms with Gasteiger partial charge in [-0.15, -0.1) is 0 Å². The third-order valence-electron chi connectivity index (χ3n) is 4.00. The van der Waals surface area contributed by atoms with Crippen LogP contribution < -0.4 is 9.47 Å². The highest BCUT2D eigenvalue weighted by molar-refractivity contribution is 5.77. The number of methoxy groups -OCH3 is 1. The Morgan fingerprint density at radius 2 is 1.86 bits per heavy atom. The van der Waals surface area contributed by atoms with Crippen LogP contribution >= 0.6 is 0 Å². The van der Waals surface area contributed by atoms with E-state index in [-0.39, 0.29) is 11.8 Å². The Kier molecular flexibility index (Phi) is 4.73. The summed E-state index contributed by atoms with van der Waals surface area (Å²) in [5.41, 5.74) is -0.716. The fourth-order valence-electron chi connectivity index (χ4n) is 2.24. The number of carbonyl (C=O) groups is 1. The van der Waals surface area contributed by atoms with E-state index in [0.717, 1.165) is 5.75 Å². The molecule has 1 heterocycles. The molecule has 0 aromatic heterocycles. The summed E-state index contributed by atoms with van der Waals surface area (Å²) in [7, 11) is 1.61. The van der Waals surface area contributed by atoms with Gasteiger partial charge >= 0.3 is 0 Å². The molecule has 1 aliphatic heterocycles. The minimum atomic E-state index is -0.716. The van der Waals surface area contributed by atoms with Gasteiger partial charge in [0.25, 0.3) is 0 Å². The molecule has 0 saturated carbocycles. The summed E-state index contributed by atoms with van der Waals surface area (Å²) >= 11 is 0. The number of benzene rings is 1. The highest BCUT2D eigenvalue weighted by atomic mass is 16.5. The van der Waals surface area contributed by atoms with Gasteiger partial charge < -0.3 is 19.5 Å². The molecule has 0 radical (unpaired) electrons. The third kappa shape index (κ3) is 3.67. The van der Waals surface area contributed by atoms with E-state index >= 15 is 0 Å². The second-order valence-electron chi connectivity index (χ2n) is 5.78. The van der Waals surface area contributed by atoms with Gasteiger partial charge in [0, 0.05) is 0 Å². The predicted octanol–water partition coefficient (Wildman–Crippen LogP) is 1.69. The van der Waals surface area contributed by atoms with Crippen LogP contribution in [0.3, 0.4) is 0 Å². The lowest BCUT2D eigenvalue weighted by atomic mass is 9.83. The van der Waals surface area contributed by atoms with Gasteiger partial charge in [-0.05, 0) is 30.2 Å². The Labute approximate surface area is 125 Å². The maximum atomic E-state index is 11.9. The van der Waals surface area contributed by atoms with Crippen LogP contribution in [0.25, 0.3) is 0 Å². The van der Waals surface area contributed by atoms with Gasteiger partial charge in [0.1, 0.15) is 17.1 Å². The van der Waals surface area contributed by atoms with E-state index in [9.17, 15) is 9.90 Å². The van der Waals surface area contributed by atoms with Crippen molar-refractivity contribution in [1.82, 2.24) is 4.90 Å². The largest absolute Gasteiger partial charge is 0.497 e. The van der Waals surface area contributed by atoms with Gasteiger partial charge in [0.05, 0.1) is 33.2 Å². The summed E-state index contributed by atoms with van der Waals surface area (Å²) in [5, 5.41) is 10.1. The van der Waals surface area contributed by atoms with Crippen LogP contribution in [0.5, 0.6) is 11.5 Å². The summed E-state index contributed by atoms with van der Waals surface area (Å²) in [4.78, 5) is 13.6. The van der Waals surface area contributed by atoms with Gasteiger partial charge in [-0.3, -0.25) is 4.79 Å². The number of hydrogen-bond donors (Lipinski definition) is 1. The maximum absolute atomic E-state index is 11.9. The zero-order valence-electron chi connectivity index (χ0n) is 12.8. The predicted molar refractivity (Wildman–Crippen MR) is 79.5 cm³/mol. The molecule has 0 aliphatic carbocycles. The molecule has 0 bridgehead atoms. The van der Waals surface area contributed by atoms with Crippen molar-refractivity contribution in [3.05, 3.63) is 24.3 Å². The summed E-state index contributed by atoms with van der Waals surface area (Å²) in [6.45, 7) is 5.11. The standard InChI is InChI=1S/C16H23NO4/c1-12(2)16(19)10-17(11-16)15(18)8-9-21-14-6-4-13(20-3)5-7-14/h4-7,12,19H,8-11H2,1-3H3. The average molecular weight is 293 g/mol. The molecule has 1 amide bonds. The first-order valence-electron chi connectivity index (χ1n) is 7.21. The van der Waals surface area contributed by atoms with Gasteiger partial charge in [0.15, 0.2) is 0 Å². The molecule has 1 aromatic rings. The number of ether oxygens (including phenoxy) is 2. The van der Waals surface area contributed by atoms with E-state index in [1.807, 2.05) is 38.1 Å². The lowest BCUT2D eigenvalue weighted by molar-refractivity contribution is -0.164. The number of hydrogen-bond acceptors (Lipinski definition) is 4. The van der Waals surface area contributed by atoms with E-state index < -0.39 is 5.60 Å². The molecule has 2 rings (SSSR count). The smallest absolute Gasteiger partial charge is 0.226 e. The number of β-amino-alcohol motifs (C(OH)–C–C–N with tert-alkyl or cyclic N) is 1. The van der Waals surface area contributed by atoms with Crippen molar-refractivity contribution in [2.24, 2.45) is 5.92 Å². The molecule has 116 valence electrons. The first-order valence-corrected chi connectivity index (χ1v) is 7.21. The zero-order valence-corrected chi connectivity index (χ0v) is 12.8. The highest BCUT2D eigenvalue weighted by Crippen LogP contribution is 2.28. The molecule has 1 N–H and O–H groups in total. The number of amides is 1. The van der Waals surface area contributed by atoms with Crippen LogP contribution in [0.1, 0.15) is 20.3 Å². The number of nitrogens with zero attached hydrogens (tertiary/aromatic N) is 1. The molecular formula is C16H23NO4. The minimum Gasteiger partial charge on any atom is -0.497 e. The van der Waals surface area contributed by atoms with Gasteiger partial charge in [-0.25, -0.2) is 0 Å². The van der Waals surface area contributed by atoms with Crippen LogP contribution in [-0.4, -0.2) is 48.3 Å². The summed E-state index contributed by atoms with van der Waals surface area (Å²) in [5.74, 6) is 1.67. The third-order valence-corrected chi connectivity index (χ3v) is 4.00. The number of aliphatic hydroxyl groups is 1. The van der Waals surface area contributed by atoms with Gasteiger partial charge in [-0.2, -0.15) is 0 Å². The fraction of sp³-hybridized carbons (Fsp3) is 0.562. The van der Waals surface area contributed by atoms with Crippen molar-refractivity contribution >= 4 is 5.91 Å². The molecule has 0 spiro atoms. The maximum Gasteiger partial charge on any atom is 0.226 e. The SMILES string of the molecule is COc1ccc(OCCC(=O)N2CC(O)(C(C)C)C2)cc1. The fourth-order valence-corrected chi connectivity index (χ4v) is 2.24. The van der Waals surface area contributed by atoms with Crippen LogP contribution in [0.2, 0.25) is 0 Å². The molecule has 0 atom stereocenters. The molecule has 1 fully saturated rings. The molecule has 1 aromatic carbocycles. The lowest BCUT2D eigenvalue weighted by Gasteiger charge is -2.49. The molecule has 5 heteroatoms. The Morgan fingerprint density at radius 1 is 1.29 bits per heavy atom. The van der Waals surface area contributed by atoms with Crippen molar-refractivity contribution < 1.29 is 19.4 Å². The lowest BCUT2D eigenvalue weighted by Crippen LogP contribution is -2.66. The summed E-state index contributed by atoms with van der Waals surface area (Å²) in [6, 6.07) is 7.25. The van der Waals surface area contributed by atoms with E-state index in [1.165, 1.54) is 0 Å². The number of rotatable bonds is 6. The average Bonchev–Trinajstić information content (AvgIpc) is 2.44. The number of carbonyl (C=O) groups excluding carboxylic acids is 1. The molecule has 1 saturated heterocycles. The van der Waals surface area contributed by atoms with Crippen molar-refractivity contribution in [3.8, 4) is 11.5 Å². The minimum absolute atomic E-state index is 0.0221. The van der Waals surface area contributed by atoms with Crippen molar-refractivity contribution in [3.63, 3.8) is 0 Å². The molecular weight excluding hydrogens is 270 g/mol. The Bertz CT molecular complexity index is 478. The molecule has 1 aliphatic rings. The van der Waals surface area contributed by atoms with Crippen LogP contribution in [0.15, 0.2) is 24.3 Å². The monoisotopic (exact) mass is 293 g/mol. The Morgan fingerprint density at radius 3 is 2.38 bits per heavy atom. The topological polar surface area (TPSA) is 59.0 Å². The number of likely N-dealkylation sites (tertiary alicyclic amines) is 1. The first-order chi connectivity index (χ1) is 9.94. The van der Waals surface area contributed by atoms with Crippen LogP contribution in [0, 0.1) is 5.92 Å². The van der Waals surface area contributed by atoms with Crippen molar-refractivity contribution in [2.75, 3.05) is 26.8 Å². The molecule has 0 unspecified atom stereocenters. The van der Waals surface area contributed by atoms with Gasteiger partial charge in [-0.1, -0.05) is 13.8 Å². The van der Waals surface area contributed by atoms with Crippen LogP contribution in [0.4, 0.5) is 0 Å². The van der Waals surface area contributed by atoms with Crippen molar-refractivity contribution in [1.29, 1.82) is 0 Å². The second-order valence-corrected chi connectivity index (χ2v) is 5.78. The Balaban J connectivity index is 1.70. The van der Waals surface area contributed by atoms with E-state index in [0.29, 0.717) is 31.9 Å². The van der Waals surface area contributed by atoms with Crippen molar-refractivity contribution in [2.45, 2.75) is 25.9 Å². The van der Waals surface area contributed by atoms with E-state index in [1.54, 1.807) is 12.0 Å². The van der Waals surface area contributed by atoms with Gasteiger partial charge in [0.2, 0.25) is 5.91 Å². The molecule has 5 nitrogen and oxygen atoms in total. The second kappa shape index (κ2) is 6.35. The zero-order chi connectivity index (χ0) is 15.5. The quantitative estimate of drug-likeness (QED) is 0.867. The van der Waals surface area contributed by atoms with E-state index in [4.69, 9.17) is 9.47 Å². The Hall–Kier alpha value is -1.75.